The van der Waals surface area contributed by atoms with E-state index in [4.69, 9.17) is 29.6 Å². The van der Waals surface area contributed by atoms with E-state index in [2.05, 4.69) is 54.8 Å². The van der Waals surface area contributed by atoms with Crippen LogP contribution in [0.5, 0.6) is 0 Å². The highest BCUT2D eigenvalue weighted by molar-refractivity contribution is 7.47. The van der Waals surface area contributed by atoms with Crippen molar-refractivity contribution in [3.05, 3.63) is 36.5 Å². The minimum Gasteiger partial charge on any atom is -0.480 e. The van der Waals surface area contributed by atoms with Crippen LogP contribution in [0.1, 0.15) is 181 Å². The normalized spacial score (nSPS) is 17.6. The van der Waals surface area contributed by atoms with Gasteiger partial charge in [-0.2, -0.15) is 0 Å². The highest BCUT2D eigenvalue weighted by atomic mass is 31.2. The number of phosphoric acid groups is 1. The van der Waals surface area contributed by atoms with Gasteiger partial charge in [-0.05, 0) is 70.6 Å². The Hall–Kier alpha value is -2.34. The van der Waals surface area contributed by atoms with Gasteiger partial charge in [-0.1, -0.05) is 134 Å². The molecule has 1 heterocycles. The Morgan fingerprint density at radius 2 is 1.16 bits per heavy atom. The maximum absolute atomic E-state index is 12.6. The minimum absolute atomic E-state index is 0.146. The van der Waals surface area contributed by atoms with Crippen molar-refractivity contribution >= 4 is 25.7 Å². The number of allylic oxidation sites excluding steroid dienone is 5. The van der Waals surface area contributed by atoms with Crippen LogP contribution in [0.4, 0.5) is 0 Å². The van der Waals surface area contributed by atoms with Crippen LogP contribution in [0, 0.1) is 0 Å². The summed E-state index contributed by atoms with van der Waals surface area (Å²) >= 11 is 0. The number of esters is 2. The van der Waals surface area contributed by atoms with Gasteiger partial charge in [0.2, 0.25) is 0 Å². The van der Waals surface area contributed by atoms with Gasteiger partial charge in [-0.15, -0.1) is 0 Å². The molecule has 0 aliphatic carbocycles. The average molecular weight is 828 g/mol. The van der Waals surface area contributed by atoms with Crippen LogP contribution in [0.25, 0.3) is 0 Å². The fourth-order valence-corrected chi connectivity index (χ4v) is 6.94. The fourth-order valence-electron chi connectivity index (χ4n) is 6.16. The van der Waals surface area contributed by atoms with Crippen LogP contribution in [-0.4, -0.2) is 72.1 Å². The third-order valence-corrected chi connectivity index (χ3v) is 10.7. The second-order valence-corrected chi connectivity index (χ2v) is 16.7. The van der Waals surface area contributed by atoms with Gasteiger partial charge in [0.15, 0.2) is 6.10 Å². The molecule has 0 aromatic rings. The van der Waals surface area contributed by atoms with Crippen molar-refractivity contribution in [2.75, 3.05) is 19.8 Å². The standard InChI is InChI=1S/C44H78NO11P/c1-3-5-7-8-9-10-11-12-13-14-15-16-17-18-23-26-30-34-43(47)55-38(36-53-57(50,51)54-37-39(45)44(48)49)35-52-42(46)33-29-25-22-20-19-21-24-28-32-41-40(56-41)31-27-6-4-2/h9-10,12-13,24,28,38-41H,3-8,11,14-23,25-27,29-37,45H2,1-2H3,(H,48,49)(H,50,51)/b10-9-,13-12-,28-24-/t38-,39+,40?,41?/m1/s1. The molecule has 12 nitrogen and oxygen atoms in total. The lowest BCUT2D eigenvalue weighted by Gasteiger charge is -2.20. The molecule has 0 saturated carbocycles. The molecule has 1 saturated heterocycles. The number of phosphoric ester groups is 1. The Labute approximate surface area is 344 Å². The Balaban J connectivity index is 2.28. The smallest absolute Gasteiger partial charge is 0.472 e. The maximum atomic E-state index is 12.6. The topological polar surface area (TPSA) is 184 Å². The van der Waals surface area contributed by atoms with Crippen molar-refractivity contribution in [2.45, 2.75) is 205 Å². The lowest BCUT2D eigenvalue weighted by atomic mass is 10.1. The lowest BCUT2D eigenvalue weighted by molar-refractivity contribution is -0.161. The molecule has 0 aromatic heterocycles. The second kappa shape index (κ2) is 35.6. The van der Waals surface area contributed by atoms with Gasteiger partial charge < -0.3 is 29.9 Å². The Bertz CT molecular complexity index is 1180. The first-order valence-electron chi connectivity index (χ1n) is 22.1. The highest BCUT2D eigenvalue weighted by Crippen LogP contribution is 2.43. The van der Waals surface area contributed by atoms with Crippen molar-refractivity contribution in [1.82, 2.24) is 0 Å². The molecule has 0 spiro atoms. The fraction of sp³-hybridized carbons (Fsp3) is 0.795. The molecule has 0 radical (unpaired) electrons. The first-order valence-corrected chi connectivity index (χ1v) is 23.6. The summed E-state index contributed by atoms with van der Waals surface area (Å²) in [6.07, 6.45) is 39.4. The summed E-state index contributed by atoms with van der Waals surface area (Å²) in [5.41, 5.74) is 5.33. The van der Waals surface area contributed by atoms with E-state index in [1.54, 1.807) is 0 Å². The van der Waals surface area contributed by atoms with Crippen LogP contribution < -0.4 is 5.73 Å². The molecular weight excluding hydrogens is 749 g/mol. The minimum atomic E-state index is -4.73. The molecule has 1 rings (SSSR count). The molecule has 13 heteroatoms. The molecule has 3 unspecified atom stereocenters. The van der Waals surface area contributed by atoms with Crippen LogP contribution in [0.15, 0.2) is 36.5 Å². The third-order valence-electron chi connectivity index (χ3n) is 9.78. The van der Waals surface area contributed by atoms with Crippen LogP contribution in [0.2, 0.25) is 0 Å². The molecule has 0 bridgehead atoms. The van der Waals surface area contributed by atoms with E-state index in [0.29, 0.717) is 25.0 Å². The van der Waals surface area contributed by atoms with Gasteiger partial charge in [0.05, 0.1) is 25.4 Å². The summed E-state index contributed by atoms with van der Waals surface area (Å²) < 4.78 is 38.4. The Morgan fingerprint density at radius 1 is 0.649 bits per heavy atom. The highest BCUT2D eigenvalue weighted by Gasteiger charge is 2.36. The molecule has 0 amide bonds. The number of ether oxygens (including phenoxy) is 3. The van der Waals surface area contributed by atoms with Crippen LogP contribution in [-0.2, 0) is 42.2 Å². The zero-order chi connectivity index (χ0) is 41.8. The predicted octanol–water partition coefficient (Wildman–Crippen LogP) is 10.6. The molecule has 57 heavy (non-hydrogen) atoms. The van der Waals surface area contributed by atoms with E-state index >= 15 is 0 Å². The first kappa shape index (κ1) is 52.7. The van der Waals surface area contributed by atoms with Gasteiger partial charge in [0, 0.05) is 12.8 Å². The average Bonchev–Trinajstić information content (AvgIpc) is 3.94. The van der Waals surface area contributed by atoms with E-state index < -0.39 is 51.1 Å². The molecule has 1 fully saturated rings. The van der Waals surface area contributed by atoms with E-state index in [0.717, 1.165) is 77.0 Å². The number of carboxylic acids is 1. The Kier molecular flexibility index (Phi) is 32.9. The number of nitrogens with two attached hydrogens (primary N) is 1. The summed E-state index contributed by atoms with van der Waals surface area (Å²) in [6, 6.07) is -1.53. The summed E-state index contributed by atoms with van der Waals surface area (Å²) in [4.78, 5) is 46.0. The summed E-state index contributed by atoms with van der Waals surface area (Å²) in [7, 11) is -4.73. The number of epoxide rings is 1. The van der Waals surface area contributed by atoms with E-state index in [1.807, 2.05) is 0 Å². The van der Waals surface area contributed by atoms with Gasteiger partial charge in [0.25, 0.3) is 0 Å². The SMILES string of the molecule is CCCCC/C=C\C/C=C\CCCCCCCCCC(=O)O[C@H](COC(=O)CCCCCCC/C=C\CC1OC1CCCCC)COP(=O)(O)OC[C@H](N)C(=O)O. The zero-order valence-electron chi connectivity index (χ0n) is 35.4. The van der Waals surface area contributed by atoms with Crippen molar-refractivity contribution in [3.63, 3.8) is 0 Å². The molecule has 1 aliphatic rings. The van der Waals surface area contributed by atoms with Crippen molar-refractivity contribution < 1.29 is 52.2 Å². The molecular formula is C44H78NO11P. The summed E-state index contributed by atoms with van der Waals surface area (Å²) in [5.74, 6) is -2.41. The van der Waals surface area contributed by atoms with Crippen LogP contribution in [0.3, 0.4) is 0 Å². The predicted molar refractivity (Wildman–Crippen MR) is 226 cm³/mol. The van der Waals surface area contributed by atoms with E-state index in [-0.39, 0.29) is 19.4 Å². The van der Waals surface area contributed by atoms with Crippen LogP contribution >= 0.6 is 7.82 Å². The quantitative estimate of drug-likeness (QED) is 0.0175. The Morgan fingerprint density at radius 3 is 1.75 bits per heavy atom. The number of carboxylic acid groups (broad SMARTS) is 1. The number of carbonyl (C=O) groups excluding carboxylic acids is 2. The molecule has 4 N–H and O–H groups in total. The number of hydrogen-bond acceptors (Lipinski definition) is 10. The lowest BCUT2D eigenvalue weighted by Crippen LogP contribution is -2.34. The summed E-state index contributed by atoms with van der Waals surface area (Å²) in [6.45, 7) is 2.72. The van der Waals surface area contributed by atoms with Crippen molar-refractivity contribution in [1.29, 1.82) is 0 Å². The van der Waals surface area contributed by atoms with E-state index in [1.165, 1.54) is 64.2 Å². The second-order valence-electron chi connectivity index (χ2n) is 15.2. The zero-order valence-corrected chi connectivity index (χ0v) is 36.3. The van der Waals surface area contributed by atoms with Crippen molar-refractivity contribution in [2.24, 2.45) is 5.73 Å². The molecule has 1 aliphatic heterocycles. The number of carbonyl (C=O) groups is 3. The van der Waals surface area contributed by atoms with Gasteiger partial charge in [-0.3, -0.25) is 23.4 Å². The van der Waals surface area contributed by atoms with Gasteiger partial charge in [0.1, 0.15) is 12.6 Å². The number of unbranched alkanes of at least 4 members (excludes halogenated alkanes) is 17. The summed E-state index contributed by atoms with van der Waals surface area (Å²) in [5, 5.41) is 8.89. The first-order chi connectivity index (χ1) is 27.6. The van der Waals surface area contributed by atoms with Gasteiger partial charge >= 0.3 is 25.7 Å². The number of aliphatic carboxylic acids is 1. The maximum Gasteiger partial charge on any atom is 0.472 e. The molecule has 0 aromatic carbocycles. The third kappa shape index (κ3) is 33.2. The molecule has 5 atom stereocenters. The molecule has 330 valence electrons. The van der Waals surface area contributed by atoms with E-state index in [9.17, 15) is 23.8 Å². The van der Waals surface area contributed by atoms with Crippen molar-refractivity contribution in [3.8, 4) is 0 Å². The number of hydrogen-bond donors (Lipinski definition) is 3. The van der Waals surface area contributed by atoms with Gasteiger partial charge in [-0.25, -0.2) is 4.57 Å². The largest absolute Gasteiger partial charge is 0.480 e. The number of rotatable bonds is 40. The monoisotopic (exact) mass is 828 g/mol.